The summed E-state index contributed by atoms with van der Waals surface area (Å²) in [7, 11) is 0. The predicted molar refractivity (Wildman–Crippen MR) is 47.7 cm³/mol. The topological polar surface area (TPSA) is 35.0 Å². The van der Waals surface area contributed by atoms with Gasteiger partial charge in [0.25, 0.3) is 0 Å². The fraction of sp³-hybridized carbons (Fsp3) is 0.500. The Labute approximate surface area is 79.3 Å². The molecule has 0 radical (unpaired) electrons. The van der Waals surface area contributed by atoms with Gasteiger partial charge in [-0.05, 0) is 28.8 Å². The normalized spacial score (nSPS) is 22.9. The largest absolute Gasteiger partial charge is 0.372 e. The number of nitrogens with zero attached hydrogens (tertiary/aromatic N) is 2. The van der Waals surface area contributed by atoms with E-state index in [2.05, 4.69) is 25.9 Å². The zero-order chi connectivity index (χ0) is 8.39. The summed E-state index contributed by atoms with van der Waals surface area (Å²) in [6.07, 6.45) is 5.83. The minimum absolute atomic E-state index is 0.172. The highest BCUT2D eigenvalue weighted by Gasteiger charge is 2.18. The monoisotopic (exact) mass is 228 g/mol. The lowest BCUT2D eigenvalue weighted by Crippen LogP contribution is -1.99. The van der Waals surface area contributed by atoms with Crippen molar-refractivity contribution >= 4 is 15.9 Å². The number of ether oxygens (including phenoxy) is 1. The Morgan fingerprint density at radius 1 is 1.42 bits per heavy atom. The van der Waals surface area contributed by atoms with Crippen LogP contribution in [0.1, 0.15) is 24.6 Å². The molecule has 12 heavy (non-hydrogen) atoms. The van der Waals surface area contributed by atoms with E-state index < -0.39 is 0 Å². The van der Waals surface area contributed by atoms with Crippen molar-refractivity contribution in [2.75, 3.05) is 6.61 Å². The summed E-state index contributed by atoms with van der Waals surface area (Å²) in [5.41, 5.74) is 0.940. The molecule has 0 aromatic carbocycles. The maximum atomic E-state index is 5.46. The summed E-state index contributed by atoms with van der Waals surface area (Å²) >= 11 is 3.24. The van der Waals surface area contributed by atoms with E-state index in [0.29, 0.717) is 0 Å². The fourth-order valence-electron chi connectivity index (χ4n) is 1.30. The van der Waals surface area contributed by atoms with E-state index in [4.69, 9.17) is 4.74 Å². The lowest BCUT2D eigenvalue weighted by molar-refractivity contribution is 0.108. The Hall–Kier alpha value is -0.480. The van der Waals surface area contributed by atoms with Gasteiger partial charge >= 0.3 is 0 Å². The summed E-state index contributed by atoms with van der Waals surface area (Å²) in [4.78, 5) is 8.32. The van der Waals surface area contributed by atoms with Gasteiger partial charge in [-0.2, -0.15) is 0 Å². The molecule has 1 aromatic heterocycles. The van der Waals surface area contributed by atoms with Gasteiger partial charge < -0.3 is 4.74 Å². The molecule has 0 amide bonds. The predicted octanol–water partition coefficient (Wildman–Crippen LogP) is 2.09. The van der Waals surface area contributed by atoms with Gasteiger partial charge in [0.05, 0.1) is 18.1 Å². The molecule has 0 spiro atoms. The summed E-state index contributed by atoms with van der Waals surface area (Å²) in [6.45, 7) is 0.850. The van der Waals surface area contributed by atoms with Crippen LogP contribution in [0.5, 0.6) is 0 Å². The van der Waals surface area contributed by atoms with Crippen molar-refractivity contribution in [3.63, 3.8) is 0 Å². The molecule has 1 atom stereocenters. The van der Waals surface area contributed by atoms with Crippen molar-refractivity contribution in [3.8, 4) is 0 Å². The molecule has 64 valence electrons. The van der Waals surface area contributed by atoms with Gasteiger partial charge in [-0.25, -0.2) is 4.98 Å². The average Bonchev–Trinajstić information content (AvgIpc) is 2.58. The first-order chi connectivity index (χ1) is 5.86. The number of hydrogen-bond acceptors (Lipinski definition) is 3. The van der Waals surface area contributed by atoms with Crippen molar-refractivity contribution < 1.29 is 4.74 Å². The third kappa shape index (κ3) is 1.64. The molecule has 0 aliphatic carbocycles. The maximum absolute atomic E-state index is 5.46. The van der Waals surface area contributed by atoms with Crippen LogP contribution in [0.4, 0.5) is 0 Å². The quantitative estimate of drug-likeness (QED) is 0.739. The second-order valence-corrected chi connectivity index (χ2v) is 3.58. The molecular formula is C8H9BrN2O. The molecule has 1 aliphatic heterocycles. The number of aromatic nitrogens is 2. The number of hydrogen-bond donors (Lipinski definition) is 0. The maximum Gasteiger partial charge on any atom is 0.124 e. The second-order valence-electron chi connectivity index (χ2n) is 2.77. The first kappa shape index (κ1) is 8.13. The lowest BCUT2D eigenvalue weighted by atomic mass is 10.2. The van der Waals surface area contributed by atoms with Crippen LogP contribution in [0.3, 0.4) is 0 Å². The van der Waals surface area contributed by atoms with Gasteiger partial charge in [0, 0.05) is 6.61 Å². The Kier molecular flexibility index (Phi) is 2.37. The molecule has 1 fully saturated rings. The second kappa shape index (κ2) is 3.49. The van der Waals surface area contributed by atoms with Gasteiger partial charge in [0.15, 0.2) is 0 Å². The van der Waals surface area contributed by atoms with E-state index in [-0.39, 0.29) is 6.10 Å². The molecule has 3 nitrogen and oxygen atoms in total. The van der Waals surface area contributed by atoms with Crippen molar-refractivity contribution in [3.05, 3.63) is 22.7 Å². The minimum atomic E-state index is 0.172. The molecule has 0 N–H and O–H groups in total. The van der Waals surface area contributed by atoms with Crippen LogP contribution in [0, 0.1) is 0 Å². The average molecular weight is 229 g/mol. The van der Waals surface area contributed by atoms with Crippen molar-refractivity contribution in [2.24, 2.45) is 0 Å². The standard InChI is InChI=1S/C8H9BrN2O/c9-8-5-10-6(4-11-8)7-2-1-3-12-7/h4-5,7H,1-3H2. The zero-order valence-electron chi connectivity index (χ0n) is 6.53. The van der Waals surface area contributed by atoms with Gasteiger partial charge in [-0.1, -0.05) is 0 Å². The molecule has 1 unspecified atom stereocenters. The molecule has 1 saturated heterocycles. The highest BCUT2D eigenvalue weighted by molar-refractivity contribution is 9.10. The van der Waals surface area contributed by atoms with Crippen molar-refractivity contribution in [1.82, 2.24) is 9.97 Å². The van der Waals surface area contributed by atoms with Crippen LogP contribution >= 0.6 is 15.9 Å². The highest BCUT2D eigenvalue weighted by atomic mass is 79.9. The van der Waals surface area contributed by atoms with Gasteiger partial charge in [-0.3, -0.25) is 4.98 Å². The molecule has 4 heteroatoms. The molecule has 2 rings (SSSR count). The number of rotatable bonds is 1. The van der Waals surface area contributed by atoms with Gasteiger partial charge in [0.2, 0.25) is 0 Å². The molecule has 0 saturated carbocycles. The summed E-state index contributed by atoms with van der Waals surface area (Å²) in [5.74, 6) is 0. The van der Waals surface area contributed by atoms with Crippen LogP contribution < -0.4 is 0 Å². The Morgan fingerprint density at radius 2 is 2.33 bits per heavy atom. The highest BCUT2D eigenvalue weighted by Crippen LogP contribution is 2.26. The van der Waals surface area contributed by atoms with E-state index >= 15 is 0 Å². The van der Waals surface area contributed by atoms with Crippen LogP contribution in [-0.4, -0.2) is 16.6 Å². The molecular weight excluding hydrogens is 220 g/mol. The lowest BCUT2D eigenvalue weighted by Gasteiger charge is -2.06. The number of halogens is 1. The van der Waals surface area contributed by atoms with E-state index in [1.807, 2.05) is 0 Å². The minimum Gasteiger partial charge on any atom is -0.372 e. The fourth-order valence-corrected chi connectivity index (χ4v) is 1.50. The Bertz CT molecular complexity index is 256. The zero-order valence-corrected chi connectivity index (χ0v) is 8.12. The molecule has 1 aromatic rings. The molecule has 2 heterocycles. The third-order valence-corrected chi connectivity index (χ3v) is 2.31. The molecule has 0 bridgehead atoms. The van der Waals surface area contributed by atoms with Crippen molar-refractivity contribution in [2.45, 2.75) is 18.9 Å². The van der Waals surface area contributed by atoms with E-state index in [0.717, 1.165) is 29.7 Å². The Balaban J connectivity index is 2.17. The summed E-state index contributed by atoms with van der Waals surface area (Å²) in [5, 5.41) is 0. The van der Waals surface area contributed by atoms with Crippen LogP contribution in [0.2, 0.25) is 0 Å². The first-order valence-electron chi connectivity index (χ1n) is 3.95. The van der Waals surface area contributed by atoms with Crippen molar-refractivity contribution in [1.29, 1.82) is 0 Å². The molecule has 1 aliphatic rings. The van der Waals surface area contributed by atoms with E-state index in [1.54, 1.807) is 12.4 Å². The summed E-state index contributed by atoms with van der Waals surface area (Å²) in [6, 6.07) is 0. The SMILES string of the molecule is Brc1cnc(C2CCCO2)cn1. The summed E-state index contributed by atoms with van der Waals surface area (Å²) < 4.78 is 6.23. The first-order valence-corrected chi connectivity index (χ1v) is 4.74. The smallest absolute Gasteiger partial charge is 0.124 e. The van der Waals surface area contributed by atoms with Gasteiger partial charge in [-0.15, -0.1) is 0 Å². The third-order valence-electron chi connectivity index (χ3n) is 1.90. The van der Waals surface area contributed by atoms with E-state index in [9.17, 15) is 0 Å². The van der Waals surface area contributed by atoms with Gasteiger partial charge in [0.1, 0.15) is 10.7 Å². The van der Waals surface area contributed by atoms with E-state index in [1.165, 1.54) is 0 Å². The van der Waals surface area contributed by atoms with Crippen LogP contribution in [-0.2, 0) is 4.74 Å². The van der Waals surface area contributed by atoms with Crippen LogP contribution in [0.25, 0.3) is 0 Å². The Morgan fingerprint density at radius 3 is 2.92 bits per heavy atom. The van der Waals surface area contributed by atoms with Crippen LogP contribution in [0.15, 0.2) is 17.0 Å².